The number of likely N-dealkylation sites (tertiary alicyclic amines) is 1. The average Bonchev–Trinajstić information content (AvgIpc) is 3.94. The minimum Gasteiger partial charge on any atom is -0.508 e. The van der Waals surface area contributed by atoms with Crippen LogP contribution in [-0.2, 0) is 19.4 Å². The van der Waals surface area contributed by atoms with E-state index in [1.165, 1.54) is 29.1 Å². The Morgan fingerprint density at radius 3 is 2.75 bits per heavy atom. The van der Waals surface area contributed by atoms with Gasteiger partial charge in [-0.1, -0.05) is 13.0 Å². The summed E-state index contributed by atoms with van der Waals surface area (Å²) < 4.78 is 54.6. The van der Waals surface area contributed by atoms with Crippen molar-refractivity contribution in [1.82, 2.24) is 34.5 Å². The zero-order valence-electron chi connectivity index (χ0n) is 29.6. The summed E-state index contributed by atoms with van der Waals surface area (Å²) in [5, 5.41) is 16.7. The molecule has 276 valence electrons. The number of aryl methyl sites for hydroxylation is 2. The van der Waals surface area contributed by atoms with Gasteiger partial charge in [0.25, 0.3) is 0 Å². The predicted molar refractivity (Wildman–Crippen MR) is 193 cm³/mol. The fourth-order valence-electron chi connectivity index (χ4n) is 9.04. The third-order valence-electron chi connectivity index (χ3n) is 11.6. The van der Waals surface area contributed by atoms with Gasteiger partial charge in [0.05, 0.1) is 16.6 Å². The number of nitrogens with zero attached hydrogens (tertiary/aromatic N) is 8. The lowest BCUT2D eigenvalue weighted by Crippen LogP contribution is -2.43. The van der Waals surface area contributed by atoms with Gasteiger partial charge < -0.3 is 19.6 Å². The Morgan fingerprint density at radius 2 is 1.92 bits per heavy atom. The summed E-state index contributed by atoms with van der Waals surface area (Å²) in [6.07, 6.45) is 8.07. The van der Waals surface area contributed by atoms with E-state index < -0.39 is 23.3 Å². The molecule has 9 rings (SSSR count). The maximum atomic E-state index is 17.1. The molecule has 3 aromatic heterocycles. The maximum absolute atomic E-state index is 17.1. The number of ether oxygens (including phenoxy) is 1. The number of aromatic nitrogens is 5. The van der Waals surface area contributed by atoms with Gasteiger partial charge in [-0.05, 0) is 86.0 Å². The summed E-state index contributed by atoms with van der Waals surface area (Å²) >= 11 is 0. The van der Waals surface area contributed by atoms with E-state index in [0.717, 1.165) is 43.5 Å². The highest BCUT2D eigenvalue weighted by Gasteiger charge is 2.49. The van der Waals surface area contributed by atoms with Crippen LogP contribution in [0.25, 0.3) is 32.9 Å². The van der Waals surface area contributed by atoms with Crippen LogP contribution in [0.4, 0.5) is 23.8 Å². The van der Waals surface area contributed by atoms with Gasteiger partial charge in [0.1, 0.15) is 41.4 Å². The largest absolute Gasteiger partial charge is 0.508 e. The zero-order valence-corrected chi connectivity index (χ0v) is 29.6. The molecule has 53 heavy (non-hydrogen) atoms. The number of phenolic OH excluding ortho intramolecular Hbond substituents is 1. The lowest BCUT2D eigenvalue weighted by Gasteiger charge is -2.31. The van der Waals surface area contributed by atoms with Crippen molar-refractivity contribution in [1.29, 1.82) is 0 Å². The highest BCUT2D eigenvalue weighted by atomic mass is 19.1. The van der Waals surface area contributed by atoms with Gasteiger partial charge in [-0.2, -0.15) is 19.7 Å². The van der Waals surface area contributed by atoms with Crippen LogP contribution >= 0.6 is 0 Å². The summed E-state index contributed by atoms with van der Waals surface area (Å²) in [5.41, 5.74) is 1.72. The second-order valence-electron chi connectivity index (χ2n) is 14.9. The molecule has 4 aliphatic heterocycles. The third-order valence-corrected chi connectivity index (χ3v) is 11.6. The van der Waals surface area contributed by atoms with Gasteiger partial charge in [-0.15, -0.1) is 0 Å². The second kappa shape index (κ2) is 13.2. The van der Waals surface area contributed by atoms with Crippen LogP contribution in [0, 0.1) is 11.6 Å². The van der Waals surface area contributed by atoms with Crippen LogP contribution in [0.1, 0.15) is 62.3 Å². The minimum atomic E-state index is -0.947. The van der Waals surface area contributed by atoms with Gasteiger partial charge in [0.2, 0.25) is 0 Å². The molecule has 2 aromatic carbocycles. The fourth-order valence-corrected chi connectivity index (χ4v) is 9.04. The van der Waals surface area contributed by atoms with Crippen molar-refractivity contribution in [2.75, 3.05) is 44.2 Å². The van der Waals surface area contributed by atoms with Crippen LogP contribution in [0.2, 0.25) is 0 Å². The van der Waals surface area contributed by atoms with Gasteiger partial charge in [-0.25, -0.2) is 18.0 Å². The van der Waals surface area contributed by atoms with Gasteiger partial charge >= 0.3 is 12.0 Å². The third kappa shape index (κ3) is 5.81. The SMILES string of the molecule is CCc1c(F)ccc2cc(O)cc(-c3ncc4c(N5CCCc6nn(C(=O)N7CCCC7)cc6C5)nc(OC[C@@]56CCCN5C[C@H](F)C6)nc4c3F)c12. The topological polar surface area (TPSA) is 113 Å². The molecule has 14 heteroatoms. The number of hydrogen-bond donors (Lipinski definition) is 1. The fraction of sp³-hybridized carbons (Fsp3) is 0.462. The number of alkyl halides is 1. The molecule has 0 aliphatic carbocycles. The molecule has 2 atom stereocenters. The highest BCUT2D eigenvalue weighted by molar-refractivity contribution is 6.01. The molecule has 11 nitrogen and oxygen atoms in total. The maximum Gasteiger partial charge on any atom is 0.344 e. The number of rotatable bonds is 6. The second-order valence-corrected chi connectivity index (χ2v) is 14.9. The van der Waals surface area contributed by atoms with Gasteiger partial charge in [0.15, 0.2) is 5.82 Å². The first-order valence-electron chi connectivity index (χ1n) is 18.7. The van der Waals surface area contributed by atoms with E-state index >= 15 is 8.78 Å². The molecule has 0 unspecified atom stereocenters. The number of phenols is 1. The van der Waals surface area contributed by atoms with Crippen LogP contribution in [0.15, 0.2) is 36.7 Å². The van der Waals surface area contributed by atoms with Crippen molar-refractivity contribution in [3.05, 3.63) is 65.1 Å². The minimum absolute atomic E-state index is 0.0408. The van der Waals surface area contributed by atoms with E-state index in [0.29, 0.717) is 85.9 Å². The molecule has 0 spiro atoms. The summed E-state index contributed by atoms with van der Waals surface area (Å²) in [6.45, 7) is 5.47. The number of benzene rings is 2. The van der Waals surface area contributed by atoms with E-state index in [1.807, 2.05) is 16.7 Å². The Morgan fingerprint density at radius 1 is 1.08 bits per heavy atom. The monoisotopic (exact) mass is 726 g/mol. The highest BCUT2D eigenvalue weighted by Crippen LogP contribution is 2.42. The Bertz CT molecular complexity index is 2260. The van der Waals surface area contributed by atoms with Crippen LogP contribution in [0.5, 0.6) is 11.8 Å². The Hall–Kier alpha value is -4.98. The Labute approximate surface area is 304 Å². The van der Waals surface area contributed by atoms with Crippen LogP contribution in [0.3, 0.4) is 0 Å². The Kier molecular flexibility index (Phi) is 8.39. The molecule has 1 N–H and O–H groups in total. The van der Waals surface area contributed by atoms with Crippen molar-refractivity contribution in [3.8, 4) is 23.0 Å². The van der Waals surface area contributed by atoms with E-state index in [4.69, 9.17) is 9.72 Å². The number of aromatic hydroxyl groups is 1. The molecule has 0 radical (unpaired) electrons. The predicted octanol–water partition coefficient (Wildman–Crippen LogP) is 6.56. The lowest BCUT2D eigenvalue weighted by molar-refractivity contribution is 0.107. The Balaban J connectivity index is 1.15. The average molecular weight is 727 g/mol. The number of fused-ring (bicyclic) bond motifs is 4. The first-order valence-corrected chi connectivity index (χ1v) is 18.7. The molecule has 1 amide bonds. The van der Waals surface area contributed by atoms with Crippen molar-refractivity contribution < 1.29 is 27.8 Å². The van der Waals surface area contributed by atoms with Crippen molar-refractivity contribution in [3.63, 3.8) is 0 Å². The summed E-state index contributed by atoms with van der Waals surface area (Å²) in [7, 11) is 0. The first kappa shape index (κ1) is 33.8. The molecule has 7 heterocycles. The van der Waals surface area contributed by atoms with E-state index in [1.54, 1.807) is 12.3 Å². The number of amides is 1. The normalized spacial score (nSPS) is 21.8. The number of carbonyl (C=O) groups is 1. The smallest absolute Gasteiger partial charge is 0.344 e. The standard InChI is InChI=1S/C39H41F3N8O3/c1-2-27-30(41)9-8-23-15-26(51)16-28(32(23)27)34-33(42)35-29(18-43-34)36(45-37(44-35)53-22-39-10-6-14-49(39)21-25(40)17-39)48-13-5-7-31-24(19-48)20-50(46-31)38(52)47-11-3-4-12-47/h8-9,15-16,18,20,25,51H,2-7,10-14,17,19,21-22H2,1H3/t25-,39+/m1/s1. The molecule has 5 aromatic rings. The quantitative estimate of drug-likeness (QED) is 0.208. The molecule has 3 fully saturated rings. The molecular weight excluding hydrogens is 685 g/mol. The summed E-state index contributed by atoms with van der Waals surface area (Å²) in [5.74, 6) is -0.894. The van der Waals surface area contributed by atoms with Gasteiger partial charge in [-0.3, -0.25) is 9.88 Å². The zero-order chi connectivity index (χ0) is 36.4. The molecule has 0 bridgehead atoms. The van der Waals surface area contributed by atoms with Crippen LogP contribution < -0.4 is 9.64 Å². The van der Waals surface area contributed by atoms with E-state index in [-0.39, 0.29) is 41.2 Å². The number of hydrogen-bond acceptors (Lipinski definition) is 9. The first-order chi connectivity index (χ1) is 25.7. The van der Waals surface area contributed by atoms with Crippen molar-refractivity contribution in [2.24, 2.45) is 0 Å². The van der Waals surface area contributed by atoms with Gasteiger partial charge in [0, 0.05) is 62.7 Å². The molecule has 3 saturated heterocycles. The van der Waals surface area contributed by atoms with E-state index in [2.05, 4.69) is 20.0 Å². The number of halogens is 3. The molecular formula is C39H41F3N8O3. The lowest BCUT2D eigenvalue weighted by atomic mass is 9.94. The summed E-state index contributed by atoms with van der Waals surface area (Å²) in [4.78, 5) is 33.2. The van der Waals surface area contributed by atoms with Crippen molar-refractivity contribution >= 4 is 33.5 Å². The molecule has 0 saturated carbocycles. The number of anilines is 1. The molecule has 4 aliphatic rings. The number of pyridine rings is 1. The summed E-state index contributed by atoms with van der Waals surface area (Å²) in [6, 6.07) is 5.64. The van der Waals surface area contributed by atoms with E-state index in [9.17, 15) is 14.3 Å². The number of carbonyl (C=O) groups excluding carboxylic acids is 1. The van der Waals surface area contributed by atoms with Crippen molar-refractivity contribution in [2.45, 2.75) is 76.5 Å². The van der Waals surface area contributed by atoms with Crippen LogP contribution in [-0.4, -0.2) is 96.7 Å².